The van der Waals surface area contributed by atoms with E-state index >= 15 is 0 Å². The second kappa shape index (κ2) is 10.9. The van der Waals surface area contributed by atoms with Gasteiger partial charge in [0.1, 0.15) is 6.04 Å². The molecule has 0 bridgehead atoms. The van der Waals surface area contributed by atoms with Crippen molar-refractivity contribution in [3.63, 3.8) is 0 Å². The molecule has 8 heteroatoms. The SMILES string of the molecule is CCc1ccc(N([C@@H](C)C(=O)NCc2cccc(CN3CCOCC3)c2)S(C)(=O)=O)cc1. The van der Waals surface area contributed by atoms with Crippen molar-refractivity contribution in [3.05, 3.63) is 65.2 Å². The smallest absolute Gasteiger partial charge is 0.243 e. The Morgan fingerprint density at radius 1 is 1.09 bits per heavy atom. The lowest BCUT2D eigenvalue weighted by molar-refractivity contribution is -0.122. The lowest BCUT2D eigenvalue weighted by Crippen LogP contribution is -2.47. The van der Waals surface area contributed by atoms with Gasteiger partial charge in [-0.2, -0.15) is 0 Å². The molecule has 1 aliphatic rings. The van der Waals surface area contributed by atoms with Crippen LogP contribution in [0.5, 0.6) is 0 Å². The number of morpholine rings is 1. The van der Waals surface area contributed by atoms with Crippen LogP contribution in [0.1, 0.15) is 30.5 Å². The monoisotopic (exact) mass is 459 g/mol. The molecule has 0 spiro atoms. The number of hydrogen-bond donors (Lipinski definition) is 1. The number of benzene rings is 2. The number of aryl methyl sites for hydroxylation is 1. The van der Waals surface area contributed by atoms with Crippen LogP contribution in [0.2, 0.25) is 0 Å². The largest absolute Gasteiger partial charge is 0.379 e. The van der Waals surface area contributed by atoms with Crippen LogP contribution in [0.25, 0.3) is 0 Å². The maximum atomic E-state index is 12.9. The van der Waals surface area contributed by atoms with E-state index in [1.807, 2.05) is 31.2 Å². The van der Waals surface area contributed by atoms with E-state index in [0.29, 0.717) is 12.2 Å². The molecule has 1 fully saturated rings. The summed E-state index contributed by atoms with van der Waals surface area (Å²) in [5.74, 6) is -0.339. The fourth-order valence-corrected chi connectivity index (χ4v) is 5.05. The second-order valence-corrected chi connectivity index (χ2v) is 10.0. The highest BCUT2D eigenvalue weighted by molar-refractivity contribution is 7.92. The summed E-state index contributed by atoms with van der Waals surface area (Å²) in [7, 11) is -3.63. The highest BCUT2D eigenvalue weighted by Crippen LogP contribution is 2.22. The average molecular weight is 460 g/mol. The van der Waals surface area contributed by atoms with E-state index in [9.17, 15) is 13.2 Å². The van der Waals surface area contributed by atoms with E-state index in [-0.39, 0.29) is 5.91 Å². The van der Waals surface area contributed by atoms with Gasteiger partial charge in [-0.3, -0.25) is 14.0 Å². The summed E-state index contributed by atoms with van der Waals surface area (Å²) in [5.41, 5.74) is 3.76. The fourth-order valence-electron chi connectivity index (χ4n) is 3.88. The molecule has 7 nitrogen and oxygen atoms in total. The van der Waals surface area contributed by atoms with Gasteiger partial charge in [0.15, 0.2) is 0 Å². The molecule has 174 valence electrons. The first-order chi connectivity index (χ1) is 15.3. The molecule has 0 radical (unpaired) electrons. The van der Waals surface area contributed by atoms with Crippen LogP contribution in [0.15, 0.2) is 48.5 Å². The number of rotatable bonds is 9. The Bertz CT molecular complexity index is 1000. The maximum Gasteiger partial charge on any atom is 0.243 e. The van der Waals surface area contributed by atoms with Gasteiger partial charge in [0.2, 0.25) is 15.9 Å². The Morgan fingerprint density at radius 3 is 2.38 bits per heavy atom. The summed E-state index contributed by atoms with van der Waals surface area (Å²) in [6, 6.07) is 14.5. The maximum absolute atomic E-state index is 12.9. The number of nitrogens with one attached hydrogen (secondary N) is 1. The number of amides is 1. The summed E-state index contributed by atoms with van der Waals surface area (Å²) < 4.78 is 31.5. The number of nitrogens with zero attached hydrogens (tertiary/aromatic N) is 2. The molecular weight excluding hydrogens is 426 g/mol. The molecule has 0 saturated carbocycles. The first-order valence-corrected chi connectivity index (χ1v) is 12.9. The molecule has 1 amide bonds. The molecule has 2 aromatic rings. The molecule has 0 unspecified atom stereocenters. The Hall–Kier alpha value is -2.42. The van der Waals surface area contributed by atoms with Crippen molar-refractivity contribution < 1.29 is 17.9 Å². The Morgan fingerprint density at radius 2 is 1.75 bits per heavy atom. The highest BCUT2D eigenvalue weighted by Gasteiger charge is 2.29. The predicted molar refractivity (Wildman–Crippen MR) is 127 cm³/mol. The second-order valence-electron chi connectivity index (χ2n) is 8.18. The van der Waals surface area contributed by atoms with Crippen molar-refractivity contribution in [2.75, 3.05) is 36.9 Å². The van der Waals surface area contributed by atoms with E-state index in [4.69, 9.17) is 4.74 Å². The van der Waals surface area contributed by atoms with Crippen molar-refractivity contribution in [2.24, 2.45) is 0 Å². The zero-order chi connectivity index (χ0) is 23.1. The van der Waals surface area contributed by atoms with Crippen LogP contribution in [-0.4, -0.2) is 57.8 Å². The van der Waals surface area contributed by atoms with Crippen molar-refractivity contribution in [1.29, 1.82) is 0 Å². The highest BCUT2D eigenvalue weighted by atomic mass is 32.2. The fraction of sp³-hybridized carbons (Fsp3) is 0.458. The molecule has 0 aliphatic carbocycles. The van der Waals surface area contributed by atoms with E-state index in [1.54, 1.807) is 19.1 Å². The molecule has 1 atom stereocenters. The summed E-state index contributed by atoms with van der Waals surface area (Å²) >= 11 is 0. The van der Waals surface area contributed by atoms with Gasteiger partial charge in [-0.05, 0) is 42.2 Å². The summed E-state index contributed by atoms with van der Waals surface area (Å²) in [4.78, 5) is 15.2. The van der Waals surface area contributed by atoms with E-state index in [2.05, 4.69) is 22.3 Å². The van der Waals surface area contributed by atoms with Gasteiger partial charge in [0, 0.05) is 26.2 Å². The third-order valence-electron chi connectivity index (χ3n) is 5.66. The summed E-state index contributed by atoms with van der Waals surface area (Å²) in [6.07, 6.45) is 1.99. The third kappa shape index (κ3) is 6.54. The van der Waals surface area contributed by atoms with Gasteiger partial charge in [0.25, 0.3) is 0 Å². The summed E-state index contributed by atoms with van der Waals surface area (Å²) in [6.45, 7) is 8.17. The molecule has 1 aliphatic heterocycles. The normalized spacial score (nSPS) is 15.8. The molecule has 1 N–H and O–H groups in total. The van der Waals surface area contributed by atoms with Gasteiger partial charge in [-0.25, -0.2) is 8.42 Å². The topological polar surface area (TPSA) is 79.0 Å². The zero-order valence-electron chi connectivity index (χ0n) is 19.1. The van der Waals surface area contributed by atoms with E-state index < -0.39 is 16.1 Å². The Labute approximate surface area is 191 Å². The summed E-state index contributed by atoms with van der Waals surface area (Å²) in [5, 5.41) is 2.90. The molecule has 0 aromatic heterocycles. The van der Waals surface area contributed by atoms with Crippen LogP contribution in [0.4, 0.5) is 5.69 Å². The number of sulfonamides is 1. The number of carbonyl (C=O) groups excluding carboxylic acids is 1. The van der Waals surface area contributed by atoms with Gasteiger partial charge in [-0.1, -0.05) is 43.3 Å². The van der Waals surface area contributed by atoms with E-state index in [0.717, 1.165) is 56.7 Å². The molecule has 1 heterocycles. The van der Waals surface area contributed by atoms with E-state index in [1.165, 1.54) is 9.87 Å². The zero-order valence-corrected chi connectivity index (χ0v) is 19.9. The molecule has 2 aromatic carbocycles. The number of ether oxygens (including phenoxy) is 1. The number of anilines is 1. The van der Waals surface area contributed by atoms with Gasteiger partial charge >= 0.3 is 0 Å². The van der Waals surface area contributed by atoms with Gasteiger partial charge < -0.3 is 10.1 Å². The first kappa shape index (κ1) is 24.2. The third-order valence-corrected chi connectivity index (χ3v) is 6.90. The Balaban J connectivity index is 1.65. The van der Waals surface area contributed by atoms with Crippen LogP contribution < -0.4 is 9.62 Å². The molecule has 1 saturated heterocycles. The van der Waals surface area contributed by atoms with Crippen molar-refractivity contribution in [1.82, 2.24) is 10.2 Å². The number of carbonyl (C=O) groups is 1. The van der Waals surface area contributed by atoms with Gasteiger partial charge in [-0.15, -0.1) is 0 Å². The van der Waals surface area contributed by atoms with Gasteiger partial charge in [0.05, 0.1) is 25.2 Å². The quantitative estimate of drug-likeness (QED) is 0.624. The molecule has 32 heavy (non-hydrogen) atoms. The van der Waals surface area contributed by atoms with Crippen molar-refractivity contribution >= 4 is 21.6 Å². The lowest BCUT2D eigenvalue weighted by atomic mass is 10.1. The molecular formula is C24H33N3O4S. The molecule has 3 rings (SSSR count). The minimum atomic E-state index is -3.63. The minimum absolute atomic E-state index is 0.339. The van der Waals surface area contributed by atoms with Crippen LogP contribution in [0.3, 0.4) is 0 Å². The average Bonchev–Trinajstić information content (AvgIpc) is 2.78. The van der Waals surface area contributed by atoms with Crippen molar-refractivity contribution in [2.45, 2.75) is 39.4 Å². The van der Waals surface area contributed by atoms with Crippen LogP contribution in [-0.2, 0) is 39.1 Å². The number of hydrogen-bond acceptors (Lipinski definition) is 5. The van der Waals surface area contributed by atoms with Crippen LogP contribution >= 0.6 is 0 Å². The van der Waals surface area contributed by atoms with Crippen molar-refractivity contribution in [3.8, 4) is 0 Å². The minimum Gasteiger partial charge on any atom is -0.379 e. The first-order valence-electron chi connectivity index (χ1n) is 11.0. The Kier molecular flexibility index (Phi) is 8.28. The van der Waals surface area contributed by atoms with Crippen LogP contribution in [0, 0.1) is 0 Å². The lowest BCUT2D eigenvalue weighted by Gasteiger charge is -2.28. The standard InChI is InChI=1S/C24H33N3O4S/c1-4-20-8-10-23(11-9-20)27(32(3,29)30)19(2)24(28)25-17-21-6-5-7-22(16-21)18-26-12-14-31-15-13-26/h5-11,16,19H,4,12-15,17-18H2,1-3H3,(H,25,28)/t19-/m0/s1. The predicted octanol–water partition coefficient (Wildman–Crippen LogP) is 2.55.